The molecule has 57 heavy (non-hydrogen) atoms. The zero-order chi connectivity index (χ0) is 40.9. The Balaban J connectivity index is 1.62. The Hall–Kier alpha value is -5.30. The molecule has 0 amide bonds. The van der Waals surface area contributed by atoms with Gasteiger partial charge in [0.2, 0.25) is 0 Å². The van der Waals surface area contributed by atoms with E-state index in [1.807, 2.05) is 12.1 Å². The van der Waals surface area contributed by atoms with Crippen molar-refractivity contribution >= 4 is 29.7 Å². The minimum absolute atomic E-state index is 0.187. The van der Waals surface area contributed by atoms with Crippen LogP contribution in [0.3, 0.4) is 0 Å². The van der Waals surface area contributed by atoms with E-state index in [9.17, 15) is 23.1 Å². The van der Waals surface area contributed by atoms with Crippen LogP contribution < -0.4 is 9.47 Å². The first kappa shape index (κ1) is 42.8. The van der Waals surface area contributed by atoms with Crippen LogP contribution in [-0.2, 0) is 68.5 Å². The maximum atomic E-state index is 15.2. The molecule has 2 atom stereocenters. The predicted molar refractivity (Wildman–Crippen MR) is 212 cm³/mol. The average Bonchev–Trinajstić information content (AvgIpc) is 3.22. The third-order valence-electron chi connectivity index (χ3n) is 9.11. The van der Waals surface area contributed by atoms with Gasteiger partial charge >= 0.3 is 19.5 Å². The highest BCUT2D eigenvalue weighted by Crippen LogP contribution is 2.56. The molecule has 0 radical (unpaired) electrons. The molecule has 2 unspecified atom stereocenters. The molecule has 14 heteroatoms. The molecular weight excluding hydrogens is 772 g/mol. The van der Waals surface area contributed by atoms with Gasteiger partial charge in [-0.1, -0.05) is 103 Å². The van der Waals surface area contributed by atoms with E-state index < -0.39 is 53.8 Å². The van der Waals surface area contributed by atoms with E-state index in [2.05, 4.69) is 0 Å². The Morgan fingerprint density at radius 3 is 1.61 bits per heavy atom. The van der Waals surface area contributed by atoms with Gasteiger partial charge in [-0.15, -0.1) is 0 Å². The lowest BCUT2D eigenvalue weighted by molar-refractivity contribution is -0.160. The van der Waals surface area contributed by atoms with Crippen molar-refractivity contribution in [3.05, 3.63) is 161 Å². The summed E-state index contributed by atoms with van der Waals surface area (Å²) in [5.41, 5.74) is 1.04. The van der Waals surface area contributed by atoms with Gasteiger partial charge in [-0.2, -0.15) is 8.42 Å². The molecule has 0 aliphatic carbocycles. The summed E-state index contributed by atoms with van der Waals surface area (Å²) in [6, 6.07) is 36.8. The molecule has 0 bridgehead atoms. The van der Waals surface area contributed by atoms with Crippen molar-refractivity contribution in [2.24, 2.45) is 5.41 Å². The fourth-order valence-electron chi connectivity index (χ4n) is 5.99. The highest BCUT2D eigenvalue weighted by molar-refractivity contribution is 7.86. The number of methoxy groups -OCH3 is 2. The van der Waals surface area contributed by atoms with E-state index in [4.69, 9.17) is 27.4 Å². The van der Waals surface area contributed by atoms with Crippen molar-refractivity contribution in [1.82, 2.24) is 0 Å². The number of aryl methyl sites for hydroxylation is 1. The smallest absolute Gasteiger partial charge is 0.334 e. The topological polar surface area (TPSA) is 161 Å². The second kappa shape index (κ2) is 19.7. The monoisotopic (exact) mass is 816 g/mol. The van der Waals surface area contributed by atoms with Crippen molar-refractivity contribution in [3.8, 4) is 11.5 Å². The molecule has 0 saturated heterocycles. The summed E-state index contributed by atoms with van der Waals surface area (Å²) in [5.74, 6) is -1.59. The molecule has 0 aromatic heterocycles. The summed E-state index contributed by atoms with van der Waals surface area (Å²) in [7, 11) is -6.11. The second-order valence-corrected chi connectivity index (χ2v) is 17.0. The van der Waals surface area contributed by atoms with Crippen molar-refractivity contribution in [1.29, 1.82) is 0 Å². The number of esters is 1. The molecule has 5 aromatic rings. The Labute approximate surface area is 332 Å². The first-order valence-electron chi connectivity index (χ1n) is 17.9. The predicted octanol–water partition coefficient (Wildman–Crippen LogP) is 8.16. The molecule has 0 fully saturated rings. The number of ether oxygens (including phenoxy) is 3. The van der Waals surface area contributed by atoms with Crippen LogP contribution in [0.25, 0.3) is 0 Å². The van der Waals surface area contributed by atoms with Gasteiger partial charge in [0.25, 0.3) is 10.1 Å². The molecule has 0 aliphatic heterocycles. The lowest BCUT2D eigenvalue weighted by Crippen LogP contribution is -2.44. The number of hydrogen-bond donors (Lipinski definition) is 1. The van der Waals surface area contributed by atoms with Gasteiger partial charge in [0.05, 0.1) is 43.9 Å². The van der Waals surface area contributed by atoms with Gasteiger partial charge in [0.15, 0.2) is 6.10 Å². The molecule has 300 valence electrons. The number of aliphatic carboxylic acids is 1. The van der Waals surface area contributed by atoms with Gasteiger partial charge in [0, 0.05) is 6.42 Å². The van der Waals surface area contributed by atoms with E-state index in [0.717, 1.165) is 5.56 Å². The molecule has 1 N–H and O–H groups in total. The third-order valence-corrected chi connectivity index (χ3v) is 12.5. The number of carbonyl (C=O) groups excluding carboxylic acids is 1. The molecule has 0 heterocycles. The zero-order valence-corrected chi connectivity index (χ0v) is 33.5. The van der Waals surface area contributed by atoms with Crippen LogP contribution >= 0.6 is 7.60 Å². The van der Waals surface area contributed by atoms with Gasteiger partial charge in [-0.3, -0.25) is 13.5 Å². The standard InChI is InChI=1S/C43H45O12PS/c1-32-14-24-39(25-15-32)57(48,49)55-40(41(44)45)27-43(26-33-16-20-37(50-2)21-17-33,42(46)52-28-36-18-22-38(51-3)23-19-36)31-56(47,53-29-34-10-6-4-7-11-34)54-30-35-12-8-5-9-13-35/h4-25,40H,26-31H2,1-3H3,(H,44,45). The van der Waals surface area contributed by atoms with Gasteiger partial charge in [-0.05, 0) is 72.0 Å². The maximum Gasteiger partial charge on any atom is 0.334 e. The highest BCUT2D eigenvalue weighted by Gasteiger charge is 2.51. The number of hydrogen-bond acceptors (Lipinski definition) is 11. The summed E-state index contributed by atoms with van der Waals surface area (Å²) < 4.78 is 76.5. The van der Waals surface area contributed by atoms with Gasteiger partial charge in [-0.25, -0.2) is 4.79 Å². The number of carboxylic acid groups (broad SMARTS) is 1. The maximum absolute atomic E-state index is 15.2. The Morgan fingerprint density at radius 1 is 0.667 bits per heavy atom. The Bertz CT molecular complexity index is 2170. The van der Waals surface area contributed by atoms with Crippen molar-refractivity contribution in [2.75, 3.05) is 20.4 Å². The van der Waals surface area contributed by atoms with Crippen molar-refractivity contribution < 1.29 is 55.1 Å². The van der Waals surface area contributed by atoms with Crippen LogP contribution in [0.15, 0.2) is 138 Å². The molecule has 12 nitrogen and oxygen atoms in total. The van der Waals surface area contributed by atoms with Crippen LogP contribution in [0.5, 0.6) is 11.5 Å². The van der Waals surface area contributed by atoms with Gasteiger partial charge in [0.1, 0.15) is 18.1 Å². The summed E-state index contributed by atoms with van der Waals surface area (Å²) >= 11 is 0. The quantitative estimate of drug-likeness (QED) is 0.0431. The average molecular weight is 817 g/mol. The van der Waals surface area contributed by atoms with Crippen LogP contribution in [0.2, 0.25) is 0 Å². The van der Waals surface area contributed by atoms with Crippen LogP contribution in [0.4, 0.5) is 0 Å². The van der Waals surface area contributed by atoms with E-state index in [1.165, 1.54) is 26.4 Å². The molecular formula is C43H45O12PS. The van der Waals surface area contributed by atoms with E-state index in [0.29, 0.717) is 33.8 Å². The number of rotatable bonds is 21. The van der Waals surface area contributed by atoms with Crippen LogP contribution in [-0.4, -0.2) is 51.9 Å². The number of carboxylic acids is 1. The van der Waals surface area contributed by atoms with Crippen LogP contribution in [0.1, 0.15) is 34.2 Å². The molecule has 5 aromatic carbocycles. The molecule has 0 saturated carbocycles. The third kappa shape index (κ3) is 12.3. The molecule has 0 spiro atoms. The summed E-state index contributed by atoms with van der Waals surface area (Å²) in [5, 5.41) is 10.6. The SMILES string of the molecule is COc1ccc(COC(=O)C(Cc2ccc(OC)cc2)(CC(OS(=O)(=O)c2ccc(C)cc2)C(=O)O)CP(=O)(OCc2ccccc2)OCc2ccccc2)cc1. The lowest BCUT2D eigenvalue weighted by Gasteiger charge is -2.36. The normalized spacial score (nSPS) is 13.2. The van der Waals surface area contributed by atoms with E-state index >= 15 is 4.57 Å². The minimum Gasteiger partial charge on any atom is -0.497 e. The largest absolute Gasteiger partial charge is 0.497 e. The fraction of sp³-hybridized carbons (Fsp3) is 0.256. The Kier molecular flexibility index (Phi) is 14.8. The summed E-state index contributed by atoms with van der Waals surface area (Å²) in [6.07, 6.45) is -3.97. The summed E-state index contributed by atoms with van der Waals surface area (Å²) in [6.45, 7) is 1.12. The van der Waals surface area contributed by atoms with E-state index in [1.54, 1.807) is 116 Å². The lowest BCUT2D eigenvalue weighted by atomic mass is 9.78. The number of carbonyl (C=O) groups is 2. The first-order valence-corrected chi connectivity index (χ1v) is 21.1. The summed E-state index contributed by atoms with van der Waals surface area (Å²) in [4.78, 5) is 27.6. The van der Waals surface area contributed by atoms with Crippen molar-refractivity contribution in [3.63, 3.8) is 0 Å². The molecule has 0 aliphatic rings. The molecule has 5 rings (SSSR count). The second-order valence-electron chi connectivity index (χ2n) is 13.4. The Morgan fingerprint density at radius 2 is 1.14 bits per heavy atom. The van der Waals surface area contributed by atoms with Crippen molar-refractivity contribution in [2.45, 2.75) is 50.6 Å². The minimum atomic E-state index is -4.69. The van der Waals surface area contributed by atoms with Gasteiger partial charge < -0.3 is 28.4 Å². The first-order chi connectivity index (χ1) is 27.3. The zero-order valence-electron chi connectivity index (χ0n) is 31.8. The van der Waals surface area contributed by atoms with E-state index in [-0.39, 0.29) is 31.1 Å². The van der Waals surface area contributed by atoms with Crippen LogP contribution in [0, 0.1) is 12.3 Å². The highest BCUT2D eigenvalue weighted by atomic mass is 32.2. The fourth-order valence-corrected chi connectivity index (χ4v) is 9.09. The number of benzene rings is 5.